The highest BCUT2D eigenvalue weighted by Gasteiger charge is 2.41. The van der Waals surface area contributed by atoms with E-state index in [2.05, 4.69) is 36.4 Å². The summed E-state index contributed by atoms with van der Waals surface area (Å²) in [4.78, 5) is 55.9. The van der Waals surface area contributed by atoms with E-state index >= 15 is 0 Å². The largest absolute Gasteiger partial charge is 0.496 e. The molecule has 5 N–H and O–H groups in total. The number of carbonyl (C=O) groups excluding carboxylic acids is 4. The van der Waals surface area contributed by atoms with Crippen molar-refractivity contribution in [1.29, 1.82) is 0 Å². The number of carbonyl (C=O) groups is 4. The smallest absolute Gasteiger partial charge is 0.419 e. The number of urea groups is 1. The van der Waals surface area contributed by atoms with Crippen LogP contribution >= 0.6 is 0 Å². The number of anilines is 3. The van der Waals surface area contributed by atoms with Crippen LogP contribution in [0.15, 0.2) is 252 Å². The molecule has 5 aromatic heterocycles. The van der Waals surface area contributed by atoms with E-state index in [1.807, 2.05) is 102 Å². The van der Waals surface area contributed by atoms with Crippen molar-refractivity contribution in [3.8, 4) is 57.0 Å². The lowest BCUT2D eigenvalue weighted by Crippen LogP contribution is -2.57. The molecule has 23 nitrogen and oxygen atoms in total. The number of aromatic amines is 1. The second kappa shape index (κ2) is 34.2. The van der Waals surface area contributed by atoms with Crippen LogP contribution < -0.4 is 45.0 Å². The van der Waals surface area contributed by atoms with Crippen molar-refractivity contribution in [3.63, 3.8) is 0 Å². The number of hydrogen-bond acceptors (Lipinski definition) is 16. The predicted molar refractivity (Wildman–Crippen MR) is 396 cm³/mol. The number of benzene rings is 8. The van der Waals surface area contributed by atoms with Crippen molar-refractivity contribution in [3.05, 3.63) is 288 Å². The fourth-order valence-electron chi connectivity index (χ4n) is 11.4. The molecule has 0 aliphatic carbocycles. The summed E-state index contributed by atoms with van der Waals surface area (Å²) in [5.41, 5.74) is 4.16. The zero-order chi connectivity index (χ0) is 78.4. The third-order valence-corrected chi connectivity index (χ3v) is 19.1. The van der Waals surface area contributed by atoms with Gasteiger partial charge in [-0.25, -0.2) is 22.6 Å². The Labute approximate surface area is 628 Å². The van der Waals surface area contributed by atoms with Gasteiger partial charge in [0.05, 0.1) is 53.9 Å². The van der Waals surface area contributed by atoms with Crippen molar-refractivity contribution in [2.24, 2.45) is 0 Å². The van der Waals surface area contributed by atoms with E-state index < -0.39 is 62.4 Å². The number of alkyl halides is 6. The third kappa shape index (κ3) is 19.3. The monoisotopic (exact) mass is 1540 g/mol. The Bertz CT molecular complexity index is 5530. The maximum Gasteiger partial charge on any atom is 0.419 e. The van der Waals surface area contributed by atoms with E-state index in [1.54, 1.807) is 92.0 Å². The van der Waals surface area contributed by atoms with E-state index in [9.17, 15) is 58.3 Å². The molecule has 570 valence electrons. The summed E-state index contributed by atoms with van der Waals surface area (Å²) in [6.45, 7) is 0.645. The first-order valence-electron chi connectivity index (χ1n) is 33.7. The van der Waals surface area contributed by atoms with E-state index in [4.69, 9.17) is 37.3 Å². The summed E-state index contributed by atoms with van der Waals surface area (Å²) in [5.74, 6) is 1.27. The van der Waals surface area contributed by atoms with Crippen molar-refractivity contribution < 1.29 is 95.6 Å². The molecule has 15 rings (SSSR count). The second-order valence-corrected chi connectivity index (χ2v) is 26.8. The molecule has 1 fully saturated rings. The van der Waals surface area contributed by atoms with Gasteiger partial charge in [-0.05, 0) is 146 Å². The molecule has 8 aromatic carbocycles. The highest BCUT2D eigenvalue weighted by atomic mass is 32.2. The number of fused-ring (bicyclic) bond motifs is 3. The van der Waals surface area contributed by atoms with Gasteiger partial charge in [0.25, 0.3) is 17.7 Å². The molecule has 7 heterocycles. The van der Waals surface area contributed by atoms with Crippen LogP contribution in [0, 0.1) is 5.82 Å². The molecule has 0 spiro atoms. The van der Waals surface area contributed by atoms with Crippen LogP contribution in [0.4, 0.5) is 52.6 Å². The maximum atomic E-state index is 13.3. The zero-order valence-electron chi connectivity index (χ0n) is 58.8. The number of pyridine rings is 1. The molecular formula is C80H66F7N9O14S. The minimum Gasteiger partial charge on any atom is -0.496 e. The SMILES string of the molecule is COc1cccc2cc(C(=O)Nc3ccccc3-c3cn4ccccc4n3)oc12.COc1ccccc1C(CNC(=O)Nc1ccc(C(F)(F)F)cc1)OC.O=C(Nc1ccc(F)c(C(F)(F)F)c1)c1cccc(Oc2ccccc2)c1.O=C(c1cc(-c2ccc3c(c2)OCO3)n[nH]1)N1CC(S(=O)(=O)Cc2ccco2)C1. The molecule has 111 heavy (non-hydrogen) atoms. The predicted octanol–water partition coefficient (Wildman–Crippen LogP) is 17.0. The van der Waals surface area contributed by atoms with Gasteiger partial charge in [-0.1, -0.05) is 78.9 Å². The normalized spacial score (nSPS) is 12.7. The Morgan fingerprint density at radius 2 is 1.36 bits per heavy atom. The third-order valence-electron chi connectivity index (χ3n) is 17.1. The summed E-state index contributed by atoms with van der Waals surface area (Å²) in [5, 5.41) is 17.5. The lowest BCUT2D eigenvalue weighted by molar-refractivity contribution is -0.140. The van der Waals surface area contributed by atoms with Crippen molar-refractivity contribution in [2.75, 3.05) is 63.7 Å². The van der Waals surface area contributed by atoms with Crippen molar-refractivity contribution in [1.82, 2.24) is 29.8 Å². The average molecular weight is 1540 g/mol. The molecule has 2 aliphatic heterocycles. The number of H-pyrrole nitrogens is 1. The van der Waals surface area contributed by atoms with Gasteiger partial charge in [-0.15, -0.1) is 0 Å². The number of sulfone groups is 1. The van der Waals surface area contributed by atoms with E-state index in [0.717, 1.165) is 51.6 Å². The van der Waals surface area contributed by atoms with E-state index in [0.29, 0.717) is 75.0 Å². The molecule has 2 aliphatic rings. The van der Waals surface area contributed by atoms with Crippen LogP contribution in [-0.2, 0) is 32.7 Å². The summed E-state index contributed by atoms with van der Waals surface area (Å²) in [6.07, 6.45) is -4.39. The van der Waals surface area contributed by atoms with Gasteiger partial charge in [0.2, 0.25) is 6.79 Å². The lowest BCUT2D eigenvalue weighted by atomic mass is 10.1. The Morgan fingerprint density at radius 1 is 0.649 bits per heavy atom. The van der Waals surface area contributed by atoms with Gasteiger partial charge in [-0.3, -0.25) is 19.5 Å². The van der Waals surface area contributed by atoms with E-state index in [-0.39, 0.29) is 66.7 Å². The number of furan rings is 2. The fourth-order valence-corrected chi connectivity index (χ4v) is 13.0. The number of nitrogens with one attached hydrogen (secondary N) is 5. The molecule has 1 saturated heterocycles. The number of methoxy groups -OCH3 is 3. The standard InChI is InChI=1S/C23H17N3O3.C20H13F4NO2.C19H17N3O6S.C18H19F3N2O3/c1-28-19-10-6-7-15-13-20(29-22(15)19)23(27)25-17-9-3-2-8-16(17)18-14-26-12-5-4-11-21(26)24-18;21-18-10-9-14(12-17(18)20(22,23)24)25-19(26)13-5-4-8-16(11-13)27-15-6-2-1-3-7-15;23-19(22-8-14(9-22)29(24,25)10-13-2-1-5-26-13)16-7-15(20-21-16)12-3-4-17-18(6-12)28-11-27-17;1-25-15-6-4-3-5-14(15)16(26-2)11-22-17(24)23-13-9-7-12(8-10-13)18(19,20)21/h2-14H,1H3,(H,25,27);1-12H,(H,25,26);1-7,14H,8-11H2,(H,20,21);3-10,16H,11H2,1-2H3,(H2,22,23,24). The summed E-state index contributed by atoms with van der Waals surface area (Å²) in [6, 6.07) is 59.2. The number of hydrogen-bond donors (Lipinski definition) is 5. The molecule has 0 radical (unpaired) electrons. The first-order chi connectivity index (χ1) is 53.4. The van der Waals surface area contributed by atoms with Crippen molar-refractivity contribution in [2.45, 2.75) is 29.5 Å². The highest BCUT2D eigenvalue weighted by Crippen LogP contribution is 2.38. The molecular weight excluding hydrogens is 1480 g/mol. The Kier molecular flexibility index (Phi) is 23.8. The minimum absolute atomic E-state index is 0.153. The molecule has 31 heteroatoms. The van der Waals surface area contributed by atoms with Gasteiger partial charge < -0.3 is 67.8 Å². The maximum absolute atomic E-state index is 13.3. The number of ether oxygens (including phenoxy) is 6. The lowest BCUT2D eigenvalue weighted by Gasteiger charge is -2.38. The average Bonchev–Trinajstić information content (AvgIpc) is 1.77. The van der Waals surface area contributed by atoms with Gasteiger partial charge in [0.1, 0.15) is 52.0 Å². The first kappa shape index (κ1) is 77.2. The van der Waals surface area contributed by atoms with Crippen LogP contribution in [0.2, 0.25) is 0 Å². The van der Waals surface area contributed by atoms with Crippen LogP contribution in [0.1, 0.15) is 60.0 Å². The number of likely N-dealkylation sites (tertiary alicyclic amines) is 1. The summed E-state index contributed by atoms with van der Waals surface area (Å²) < 4.78 is 159. The van der Waals surface area contributed by atoms with Crippen LogP contribution in [-0.4, -0.2) is 110 Å². The number of nitrogens with zero attached hydrogens (tertiary/aromatic N) is 4. The summed E-state index contributed by atoms with van der Waals surface area (Å²) >= 11 is 0. The fraction of sp³-hybridized carbons (Fsp3) is 0.150. The Hall–Kier alpha value is -13.4. The van der Waals surface area contributed by atoms with Crippen LogP contribution in [0.5, 0.6) is 34.5 Å². The molecule has 1 unspecified atom stereocenters. The molecule has 1 atom stereocenters. The number of rotatable bonds is 19. The van der Waals surface area contributed by atoms with Gasteiger partial charge in [0.15, 0.2) is 38.4 Å². The number of amides is 5. The minimum atomic E-state index is -4.85. The quantitative estimate of drug-likeness (QED) is 0.0470. The van der Waals surface area contributed by atoms with Gasteiger partial charge in [-0.2, -0.15) is 31.4 Å². The van der Waals surface area contributed by atoms with Crippen LogP contribution in [0.25, 0.3) is 39.1 Å². The molecule has 5 amide bonds. The molecule has 0 saturated carbocycles. The number of halogens is 7. The van der Waals surface area contributed by atoms with Gasteiger partial charge in [0, 0.05) is 78.2 Å². The van der Waals surface area contributed by atoms with Crippen molar-refractivity contribution >= 4 is 67.3 Å². The summed E-state index contributed by atoms with van der Waals surface area (Å²) in [7, 11) is 1.24. The topological polar surface area (TPSA) is 281 Å². The Balaban J connectivity index is 0.000000138. The molecule has 13 aromatic rings. The van der Waals surface area contributed by atoms with E-state index in [1.165, 1.54) is 49.6 Å². The number of para-hydroxylation sites is 4. The highest BCUT2D eigenvalue weighted by molar-refractivity contribution is 7.91. The Morgan fingerprint density at radius 3 is 2.10 bits per heavy atom. The number of imidazole rings is 1. The van der Waals surface area contributed by atoms with Gasteiger partial charge >= 0.3 is 18.4 Å². The number of aromatic nitrogens is 4. The van der Waals surface area contributed by atoms with Crippen LogP contribution in [0.3, 0.4) is 0 Å². The second-order valence-electron chi connectivity index (χ2n) is 24.5. The molecule has 0 bridgehead atoms. The first-order valence-corrected chi connectivity index (χ1v) is 35.4. The zero-order valence-corrected chi connectivity index (χ0v) is 59.7.